The number of halogens is 2. The lowest BCUT2D eigenvalue weighted by Gasteiger charge is -2.23. The van der Waals surface area contributed by atoms with Gasteiger partial charge in [-0.15, -0.1) is 11.3 Å². The largest absolute Gasteiger partial charge is 0.298 e. The molecule has 0 N–H and O–H groups in total. The Kier molecular flexibility index (Phi) is 4.21. The van der Waals surface area contributed by atoms with Crippen molar-refractivity contribution < 1.29 is 9.18 Å². The van der Waals surface area contributed by atoms with Crippen LogP contribution in [0.3, 0.4) is 0 Å². The number of hydrogen-bond donors (Lipinski definition) is 0. The van der Waals surface area contributed by atoms with Crippen molar-refractivity contribution in [2.45, 2.75) is 25.7 Å². The van der Waals surface area contributed by atoms with Crippen LogP contribution < -0.4 is 0 Å². The molecule has 0 saturated heterocycles. The second-order valence-electron chi connectivity index (χ2n) is 4.92. The van der Waals surface area contributed by atoms with Crippen molar-refractivity contribution in [2.24, 2.45) is 0 Å². The maximum absolute atomic E-state index is 12.9. The van der Waals surface area contributed by atoms with Crippen LogP contribution in [0.2, 0.25) is 0 Å². The minimum Gasteiger partial charge on any atom is -0.298 e. The quantitative estimate of drug-likeness (QED) is 0.785. The fourth-order valence-electron chi connectivity index (χ4n) is 1.85. The molecule has 0 aliphatic carbocycles. The Labute approximate surface area is 124 Å². The lowest BCUT2D eigenvalue weighted by Crippen LogP contribution is -2.30. The Bertz CT molecular complexity index is 586. The molecular weight excluding hydrogens is 327 g/mol. The first-order valence-corrected chi connectivity index (χ1v) is 7.60. The van der Waals surface area contributed by atoms with Crippen molar-refractivity contribution in [3.8, 4) is 0 Å². The molecule has 1 aromatic carbocycles. The third-order valence-electron chi connectivity index (χ3n) is 3.28. The molecule has 0 bridgehead atoms. The zero-order valence-electron chi connectivity index (χ0n) is 10.7. The topological polar surface area (TPSA) is 17.1 Å². The second kappa shape index (κ2) is 5.55. The van der Waals surface area contributed by atoms with Crippen LogP contribution in [-0.2, 0) is 16.6 Å². The van der Waals surface area contributed by atoms with Gasteiger partial charge in [0.2, 0.25) is 0 Å². The first kappa shape index (κ1) is 14.4. The minimum atomic E-state index is -0.614. The van der Waals surface area contributed by atoms with Gasteiger partial charge in [0.05, 0.1) is 0 Å². The number of benzene rings is 1. The van der Waals surface area contributed by atoms with Crippen molar-refractivity contribution in [1.29, 1.82) is 0 Å². The molecule has 0 fully saturated rings. The Hall–Kier alpha value is -1.00. The highest BCUT2D eigenvalue weighted by Crippen LogP contribution is 2.29. The van der Waals surface area contributed by atoms with Crippen LogP contribution in [0.5, 0.6) is 0 Å². The highest BCUT2D eigenvalue weighted by molar-refractivity contribution is 9.10. The first-order chi connectivity index (χ1) is 8.91. The Morgan fingerprint density at radius 2 is 1.89 bits per heavy atom. The van der Waals surface area contributed by atoms with Gasteiger partial charge in [-0.2, -0.15) is 0 Å². The summed E-state index contributed by atoms with van der Waals surface area (Å²) in [7, 11) is 0. The van der Waals surface area contributed by atoms with Gasteiger partial charge in [0.25, 0.3) is 0 Å². The van der Waals surface area contributed by atoms with Gasteiger partial charge in [-0.05, 0) is 58.9 Å². The fraction of sp³-hybridized carbons (Fsp3) is 0.267. The Morgan fingerprint density at radius 1 is 1.26 bits per heavy atom. The summed E-state index contributed by atoms with van der Waals surface area (Å²) in [5.74, 6) is -0.157. The second-order valence-corrected chi connectivity index (χ2v) is 6.78. The molecule has 0 saturated carbocycles. The lowest BCUT2D eigenvalue weighted by molar-refractivity contribution is -0.122. The molecule has 2 aromatic rings. The molecule has 19 heavy (non-hydrogen) atoms. The number of rotatable bonds is 4. The third kappa shape index (κ3) is 3.12. The van der Waals surface area contributed by atoms with Gasteiger partial charge in [-0.1, -0.05) is 12.1 Å². The van der Waals surface area contributed by atoms with Crippen molar-refractivity contribution >= 4 is 33.0 Å². The minimum absolute atomic E-state index is 0.127. The summed E-state index contributed by atoms with van der Waals surface area (Å²) >= 11 is 5.00. The van der Waals surface area contributed by atoms with E-state index in [4.69, 9.17) is 0 Å². The van der Waals surface area contributed by atoms with E-state index >= 15 is 0 Å². The van der Waals surface area contributed by atoms with Crippen LogP contribution in [0.4, 0.5) is 4.39 Å². The predicted molar refractivity (Wildman–Crippen MR) is 80.2 cm³/mol. The molecule has 100 valence electrons. The molecular formula is C15H14BrFOS. The van der Waals surface area contributed by atoms with Crippen LogP contribution in [-0.4, -0.2) is 5.78 Å². The van der Waals surface area contributed by atoms with Crippen LogP contribution in [0, 0.1) is 5.82 Å². The summed E-state index contributed by atoms with van der Waals surface area (Å²) in [6.45, 7) is 3.76. The van der Waals surface area contributed by atoms with E-state index in [-0.39, 0.29) is 11.6 Å². The average molecular weight is 341 g/mol. The van der Waals surface area contributed by atoms with E-state index in [1.165, 1.54) is 12.1 Å². The molecule has 2 rings (SSSR count). The molecule has 0 radical (unpaired) electrons. The summed E-state index contributed by atoms with van der Waals surface area (Å²) in [4.78, 5) is 13.5. The van der Waals surface area contributed by atoms with Crippen molar-refractivity contribution in [3.63, 3.8) is 0 Å². The highest BCUT2D eigenvalue weighted by atomic mass is 79.9. The molecule has 1 heterocycles. The zero-order chi connectivity index (χ0) is 14.0. The standard InChI is InChI=1S/C15H14BrFOS/c1-15(2,10-3-5-11(17)6-4-10)14(18)9-13-12(16)7-8-19-13/h3-8H,9H2,1-2H3. The van der Waals surface area contributed by atoms with Crippen molar-refractivity contribution in [3.05, 3.63) is 56.4 Å². The normalized spacial score (nSPS) is 11.6. The van der Waals surface area contributed by atoms with Crippen LogP contribution in [0.25, 0.3) is 0 Å². The maximum atomic E-state index is 12.9. The lowest BCUT2D eigenvalue weighted by atomic mass is 9.79. The summed E-state index contributed by atoms with van der Waals surface area (Å²) < 4.78 is 13.9. The van der Waals surface area contributed by atoms with Gasteiger partial charge in [-0.25, -0.2) is 4.39 Å². The molecule has 0 aliphatic heterocycles. The van der Waals surface area contributed by atoms with E-state index in [1.807, 2.05) is 25.3 Å². The molecule has 1 aromatic heterocycles. The average Bonchev–Trinajstić information content (AvgIpc) is 2.75. The van der Waals surface area contributed by atoms with Crippen LogP contribution in [0.1, 0.15) is 24.3 Å². The molecule has 0 unspecified atom stereocenters. The van der Waals surface area contributed by atoms with Crippen LogP contribution >= 0.6 is 27.3 Å². The summed E-state index contributed by atoms with van der Waals surface area (Å²) in [5.41, 5.74) is 0.225. The van der Waals surface area contributed by atoms with Gasteiger partial charge in [0.15, 0.2) is 0 Å². The molecule has 1 nitrogen and oxygen atoms in total. The number of carbonyl (C=O) groups is 1. The van der Waals surface area contributed by atoms with E-state index < -0.39 is 5.41 Å². The zero-order valence-corrected chi connectivity index (χ0v) is 13.1. The first-order valence-electron chi connectivity index (χ1n) is 5.92. The van der Waals surface area contributed by atoms with E-state index in [1.54, 1.807) is 23.5 Å². The number of carbonyl (C=O) groups excluding carboxylic acids is 1. The molecule has 4 heteroatoms. The SMILES string of the molecule is CC(C)(C(=O)Cc1sccc1Br)c1ccc(F)cc1. The van der Waals surface area contributed by atoms with E-state index in [0.29, 0.717) is 6.42 Å². The third-order valence-corrected chi connectivity index (χ3v) is 5.20. The molecule has 0 aliphatic rings. The van der Waals surface area contributed by atoms with E-state index in [9.17, 15) is 9.18 Å². The number of ketones is 1. The fourth-order valence-corrected chi connectivity index (χ4v) is 3.34. The number of thiophene rings is 1. The monoisotopic (exact) mass is 340 g/mol. The number of hydrogen-bond acceptors (Lipinski definition) is 2. The van der Waals surface area contributed by atoms with Crippen molar-refractivity contribution in [2.75, 3.05) is 0 Å². The Morgan fingerprint density at radius 3 is 2.42 bits per heavy atom. The smallest absolute Gasteiger partial charge is 0.148 e. The van der Waals surface area contributed by atoms with E-state index in [0.717, 1.165) is 14.9 Å². The molecule has 0 spiro atoms. The molecule has 0 atom stereocenters. The van der Waals surface area contributed by atoms with Gasteiger partial charge < -0.3 is 0 Å². The highest BCUT2D eigenvalue weighted by Gasteiger charge is 2.30. The van der Waals surface area contributed by atoms with Gasteiger partial charge >= 0.3 is 0 Å². The van der Waals surface area contributed by atoms with Crippen LogP contribution in [0.15, 0.2) is 40.2 Å². The Balaban J connectivity index is 2.21. The maximum Gasteiger partial charge on any atom is 0.148 e. The summed E-state index contributed by atoms with van der Waals surface area (Å²) in [6, 6.07) is 8.09. The van der Waals surface area contributed by atoms with Gasteiger partial charge in [0, 0.05) is 21.2 Å². The van der Waals surface area contributed by atoms with Gasteiger partial charge in [-0.3, -0.25) is 4.79 Å². The van der Waals surface area contributed by atoms with Crippen molar-refractivity contribution in [1.82, 2.24) is 0 Å². The molecule has 0 amide bonds. The predicted octanol–water partition coefficient (Wildman–Crippen LogP) is 4.74. The summed E-state index contributed by atoms with van der Waals surface area (Å²) in [6.07, 6.45) is 0.391. The summed E-state index contributed by atoms with van der Waals surface area (Å²) in [5, 5.41) is 1.96. The van der Waals surface area contributed by atoms with Gasteiger partial charge in [0.1, 0.15) is 11.6 Å². The number of Topliss-reactive ketones (excluding diaryl/α,β-unsaturated/α-hetero) is 1. The van der Waals surface area contributed by atoms with E-state index in [2.05, 4.69) is 15.9 Å².